The molecule has 4 rings (SSSR count). The molecule has 2 heterocycles. The average Bonchev–Trinajstić information content (AvgIpc) is 3.24. The maximum atomic E-state index is 12.6. The highest BCUT2D eigenvalue weighted by Crippen LogP contribution is 2.40. The smallest absolute Gasteiger partial charge is 0.260 e. The molecule has 0 aliphatic heterocycles. The summed E-state index contributed by atoms with van der Waals surface area (Å²) in [6.45, 7) is 1.99. The van der Waals surface area contributed by atoms with Gasteiger partial charge in [-0.25, -0.2) is 4.98 Å². The van der Waals surface area contributed by atoms with E-state index in [0.29, 0.717) is 16.6 Å². The van der Waals surface area contributed by atoms with Crippen LogP contribution in [0.5, 0.6) is 0 Å². The molecule has 0 bridgehead atoms. The van der Waals surface area contributed by atoms with Crippen molar-refractivity contribution in [2.75, 3.05) is 5.32 Å². The van der Waals surface area contributed by atoms with Gasteiger partial charge in [-0.3, -0.25) is 14.8 Å². The van der Waals surface area contributed by atoms with Crippen LogP contribution in [0.3, 0.4) is 0 Å². The maximum Gasteiger partial charge on any atom is 0.260 e. The number of halogens is 1. The number of anilines is 1. The Morgan fingerprint density at radius 3 is 2.96 bits per heavy atom. The minimum absolute atomic E-state index is 0.140. The first-order valence-electron chi connectivity index (χ1n) is 8.54. The van der Waals surface area contributed by atoms with Crippen molar-refractivity contribution < 1.29 is 4.79 Å². The van der Waals surface area contributed by atoms with Gasteiger partial charge in [0.2, 0.25) is 0 Å². The molecule has 1 aliphatic rings. The largest absolute Gasteiger partial charge is 0.298 e. The van der Waals surface area contributed by atoms with Crippen molar-refractivity contribution in [2.24, 2.45) is 7.05 Å². The monoisotopic (exact) mass is 386 g/mol. The van der Waals surface area contributed by atoms with Crippen LogP contribution in [0.4, 0.5) is 5.13 Å². The topological polar surface area (TPSA) is 59.8 Å². The molecule has 7 heteroatoms. The van der Waals surface area contributed by atoms with E-state index in [1.165, 1.54) is 11.3 Å². The van der Waals surface area contributed by atoms with Crippen molar-refractivity contribution in [3.8, 4) is 0 Å². The molecular formula is C19H19ClN4OS. The van der Waals surface area contributed by atoms with Gasteiger partial charge in [-0.2, -0.15) is 5.10 Å². The fraction of sp³-hybridized carbons (Fsp3) is 0.316. The Morgan fingerprint density at radius 1 is 1.42 bits per heavy atom. The Morgan fingerprint density at radius 2 is 2.23 bits per heavy atom. The number of carbonyl (C=O) groups excluding carboxylic acids is 1. The van der Waals surface area contributed by atoms with E-state index >= 15 is 0 Å². The Balaban J connectivity index is 1.46. The average molecular weight is 387 g/mol. The molecule has 0 unspecified atom stereocenters. The van der Waals surface area contributed by atoms with Crippen LogP contribution in [0, 0.1) is 6.92 Å². The van der Waals surface area contributed by atoms with Gasteiger partial charge in [-0.15, -0.1) is 11.3 Å². The SMILES string of the molecule is Cc1ccc(Cc2cnc(NC(=O)c3cn(C)nc3C3CC3)s2)cc1Cl. The Hall–Kier alpha value is -2.18. The first kappa shape index (κ1) is 17.2. The summed E-state index contributed by atoms with van der Waals surface area (Å²) >= 11 is 7.68. The van der Waals surface area contributed by atoms with Gasteiger partial charge in [0.25, 0.3) is 5.91 Å². The summed E-state index contributed by atoms with van der Waals surface area (Å²) in [6.07, 6.45) is 6.55. The summed E-state index contributed by atoms with van der Waals surface area (Å²) in [5.41, 5.74) is 3.74. The van der Waals surface area contributed by atoms with Crippen molar-refractivity contribution in [3.63, 3.8) is 0 Å². The van der Waals surface area contributed by atoms with Gasteiger partial charge >= 0.3 is 0 Å². The third kappa shape index (κ3) is 3.66. The molecule has 1 aliphatic carbocycles. The van der Waals surface area contributed by atoms with E-state index in [-0.39, 0.29) is 5.91 Å². The molecule has 1 aromatic carbocycles. The van der Waals surface area contributed by atoms with Gasteiger partial charge in [0.05, 0.1) is 11.3 Å². The van der Waals surface area contributed by atoms with Gasteiger partial charge in [0, 0.05) is 41.7 Å². The van der Waals surface area contributed by atoms with Crippen LogP contribution in [-0.2, 0) is 13.5 Å². The zero-order chi connectivity index (χ0) is 18.3. The van der Waals surface area contributed by atoms with Crippen LogP contribution in [0.2, 0.25) is 5.02 Å². The Bertz CT molecular complexity index is 974. The number of aryl methyl sites for hydroxylation is 2. The molecule has 0 spiro atoms. The van der Waals surface area contributed by atoms with E-state index in [1.807, 2.05) is 26.1 Å². The van der Waals surface area contributed by atoms with Gasteiger partial charge in [0.15, 0.2) is 5.13 Å². The summed E-state index contributed by atoms with van der Waals surface area (Å²) in [7, 11) is 1.84. The number of nitrogens with zero attached hydrogens (tertiary/aromatic N) is 3. The molecule has 26 heavy (non-hydrogen) atoms. The van der Waals surface area contributed by atoms with Crippen molar-refractivity contribution in [3.05, 3.63) is 62.9 Å². The lowest BCUT2D eigenvalue weighted by molar-refractivity contribution is 0.102. The fourth-order valence-electron chi connectivity index (χ4n) is 2.90. The van der Waals surface area contributed by atoms with Gasteiger partial charge in [-0.05, 0) is 37.0 Å². The lowest BCUT2D eigenvalue weighted by atomic mass is 10.1. The van der Waals surface area contributed by atoms with E-state index in [4.69, 9.17) is 11.6 Å². The van der Waals surface area contributed by atoms with Gasteiger partial charge in [0.1, 0.15) is 0 Å². The molecule has 0 atom stereocenters. The first-order valence-corrected chi connectivity index (χ1v) is 9.73. The second kappa shape index (κ2) is 6.85. The number of thiazole rings is 1. The second-order valence-corrected chi connectivity index (χ2v) is 8.24. The quantitative estimate of drug-likeness (QED) is 0.699. The number of hydrogen-bond acceptors (Lipinski definition) is 4. The number of rotatable bonds is 5. The molecule has 1 saturated carbocycles. The van der Waals surface area contributed by atoms with Crippen LogP contribution >= 0.6 is 22.9 Å². The van der Waals surface area contributed by atoms with Gasteiger partial charge in [-0.1, -0.05) is 23.7 Å². The molecule has 134 valence electrons. The number of aromatic nitrogens is 3. The second-order valence-electron chi connectivity index (χ2n) is 6.72. The fourth-order valence-corrected chi connectivity index (χ4v) is 3.94. The number of benzene rings is 1. The molecule has 1 amide bonds. The summed E-state index contributed by atoms with van der Waals surface area (Å²) < 4.78 is 1.71. The lowest BCUT2D eigenvalue weighted by Gasteiger charge is -2.02. The molecule has 5 nitrogen and oxygen atoms in total. The summed E-state index contributed by atoms with van der Waals surface area (Å²) in [4.78, 5) is 18.0. The molecular weight excluding hydrogens is 368 g/mol. The minimum atomic E-state index is -0.140. The Kier molecular flexibility index (Phi) is 4.54. The third-order valence-electron chi connectivity index (χ3n) is 4.45. The van der Waals surface area contributed by atoms with Crippen LogP contribution in [0.1, 0.15) is 50.8 Å². The summed E-state index contributed by atoms with van der Waals surface area (Å²) in [5.74, 6) is 0.286. The third-order valence-corrected chi connectivity index (χ3v) is 5.77. The molecule has 1 fully saturated rings. The minimum Gasteiger partial charge on any atom is -0.298 e. The zero-order valence-corrected chi connectivity index (χ0v) is 16.2. The summed E-state index contributed by atoms with van der Waals surface area (Å²) in [5, 5.41) is 8.72. The standard InChI is InChI=1S/C19H19ClN4OS/c1-11-3-4-12(8-16(11)20)7-14-9-21-19(26-14)22-18(25)15-10-24(2)23-17(15)13-5-6-13/h3-4,8-10,13H,5-7H2,1-2H3,(H,21,22,25). The van der Waals surface area contributed by atoms with E-state index in [2.05, 4.69) is 21.5 Å². The highest BCUT2D eigenvalue weighted by Gasteiger charge is 2.31. The number of carbonyl (C=O) groups is 1. The van der Waals surface area contributed by atoms with E-state index in [1.54, 1.807) is 17.1 Å². The normalized spacial score (nSPS) is 13.8. The molecule has 2 aromatic heterocycles. The van der Waals surface area contributed by atoms with Crippen LogP contribution < -0.4 is 5.32 Å². The highest BCUT2D eigenvalue weighted by atomic mass is 35.5. The van der Waals surface area contributed by atoms with Crippen molar-refractivity contribution in [2.45, 2.75) is 32.1 Å². The van der Waals surface area contributed by atoms with E-state index in [0.717, 1.165) is 46.0 Å². The van der Waals surface area contributed by atoms with E-state index < -0.39 is 0 Å². The van der Waals surface area contributed by atoms with Crippen LogP contribution in [0.25, 0.3) is 0 Å². The van der Waals surface area contributed by atoms with Gasteiger partial charge < -0.3 is 0 Å². The first-order chi connectivity index (χ1) is 12.5. The predicted octanol–water partition coefficient (Wildman–Crippen LogP) is 4.56. The Labute approximate surface area is 161 Å². The van der Waals surface area contributed by atoms with Crippen LogP contribution in [-0.4, -0.2) is 20.7 Å². The van der Waals surface area contributed by atoms with Crippen molar-refractivity contribution in [1.82, 2.24) is 14.8 Å². The number of nitrogens with one attached hydrogen (secondary N) is 1. The zero-order valence-electron chi connectivity index (χ0n) is 14.6. The van der Waals surface area contributed by atoms with Crippen molar-refractivity contribution >= 4 is 34.0 Å². The molecule has 0 radical (unpaired) electrons. The predicted molar refractivity (Wildman–Crippen MR) is 104 cm³/mol. The number of amides is 1. The molecule has 3 aromatic rings. The number of hydrogen-bond donors (Lipinski definition) is 1. The van der Waals surface area contributed by atoms with Crippen LogP contribution in [0.15, 0.2) is 30.6 Å². The highest BCUT2D eigenvalue weighted by molar-refractivity contribution is 7.15. The summed E-state index contributed by atoms with van der Waals surface area (Å²) in [6, 6.07) is 6.06. The lowest BCUT2D eigenvalue weighted by Crippen LogP contribution is -2.12. The molecule has 0 saturated heterocycles. The molecule has 1 N–H and O–H groups in total. The van der Waals surface area contributed by atoms with E-state index in [9.17, 15) is 4.79 Å². The maximum absolute atomic E-state index is 12.6. The van der Waals surface area contributed by atoms with Crippen molar-refractivity contribution in [1.29, 1.82) is 0 Å².